The monoisotopic (exact) mass is 241 g/mol. The largest absolute Gasteiger partial charge is 0.492 e. The van der Waals surface area contributed by atoms with Crippen LogP contribution in [0.3, 0.4) is 0 Å². The predicted octanol–water partition coefficient (Wildman–Crippen LogP) is 2.48. The van der Waals surface area contributed by atoms with Crippen molar-refractivity contribution in [1.29, 1.82) is 0 Å². The average molecular weight is 241 g/mol. The second-order valence-corrected chi connectivity index (χ2v) is 3.81. The minimum absolute atomic E-state index is 0.476. The molecule has 0 aromatic heterocycles. The summed E-state index contributed by atoms with van der Waals surface area (Å²) in [6, 6.07) is 18.1. The van der Waals surface area contributed by atoms with Gasteiger partial charge in [0.1, 0.15) is 12.4 Å². The molecule has 0 saturated carbocycles. The van der Waals surface area contributed by atoms with Gasteiger partial charge in [0, 0.05) is 0 Å². The van der Waals surface area contributed by atoms with Crippen LogP contribution in [0.15, 0.2) is 54.6 Å². The van der Waals surface area contributed by atoms with Gasteiger partial charge in [-0.2, -0.15) is 0 Å². The highest BCUT2D eigenvalue weighted by atomic mass is 16.5. The Bertz CT molecular complexity index is 480. The number of amides is 1. The molecule has 0 aliphatic carbocycles. The maximum Gasteiger partial charge on any atom is 0.207 e. The quantitative estimate of drug-likeness (QED) is 0.623. The molecule has 1 amide bonds. The van der Waals surface area contributed by atoms with Crippen molar-refractivity contribution in [3.8, 4) is 16.9 Å². The van der Waals surface area contributed by atoms with Gasteiger partial charge in [0.25, 0.3) is 0 Å². The normalized spacial score (nSPS) is 9.78. The zero-order chi connectivity index (χ0) is 12.6. The van der Waals surface area contributed by atoms with Crippen LogP contribution in [-0.4, -0.2) is 19.6 Å². The van der Waals surface area contributed by atoms with Crippen LogP contribution in [-0.2, 0) is 4.79 Å². The number of hydrogen-bond acceptors (Lipinski definition) is 2. The molecule has 0 unspecified atom stereocenters. The van der Waals surface area contributed by atoms with Crippen molar-refractivity contribution >= 4 is 6.41 Å². The number of benzene rings is 2. The third-order valence-electron chi connectivity index (χ3n) is 2.56. The van der Waals surface area contributed by atoms with Crippen LogP contribution in [0.5, 0.6) is 5.75 Å². The van der Waals surface area contributed by atoms with E-state index < -0.39 is 0 Å². The van der Waals surface area contributed by atoms with E-state index in [0.717, 1.165) is 11.3 Å². The number of ether oxygens (including phenoxy) is 1. The minimum atomic E-state index is 0.476. The van der Waals surface area contributed by atoms with Gasteiger partial charge in [0.2, 0.25) is 6.41 Å². The van der Waals surface area contributed by atoms with E-state index in [1.54, 1.807) is 0 Å². The molecule has 0 radical (unpaired) electrons. The molecule has 2 aromatic rings. The fraction of sp³-hybridized carbons (Fsp3) is 0.133. The maximum absolute atomic E-state index is 10.1. The van der Waals surface area contributed by atoms with Crippen molar-refractivity contribution in [1.82, 2.24) is 5.32 Å². The lowest BCUT2D eigenvalue weighted by Crippen LogP contribution is -2.18. The van der Waals surface area contributed by atoms with Crippen molar-refractivity contribution < 1.29 is 9.53 Å². The summed E-state index contributed by atoms with van der Waals surface area (Å²) < 4.78 is 5.48. The molecule has 3 nitrogen and oxygen atoms in total. The molecule has 18 heavy (non-hydrogen) atoms. The first-order chi connectivity index (χ1) is 8.90. The zero-order valence-electron chi connectivity index (χ0n) is 10.0. The van der Waals surface area contributed by atoms with E-state index in [1.165, 1.54) is 5.56 Å². The smallest absolute Gasteiger partial charge is 0.207 e. The Hall–Kier alpha value is -2.29. The molecule has 3 heteroatoms. The summed E-state index contributed by atoms with van der Waals surface area (Å²) in [5.41, 5.74) is 2.35. The SMILES string of the molecule is O=CNCCOc1ccc(-c2ccccc2)cc1. The molecule has 2 aromatic carbocycles. The van der Waals surface area contributed by atoms with Crippen LogP contribution in [0.25, 0.3) is 11.1 Å². The molecule has 0 aliphatic rings. The maximum atomic E-state index is 10.1. The zero-order valence-corrected chi connectivity index (χ0v) is 10.0. The first-order valence-corrected chi connectivity index (χ1v) is 5.85. The van der Waals surface area contributed by atoms with E-state index in [4.69, 9.17) is 4.74 Å². The van der Waals surface area contributed by atoms with Gasteiger partial charge in [0.05, 0.1) is 6.54 Å². The molecule has 2 rings (SSSR count). The van der Waals surface area contributed by atoms with Gasteiger partial charge in [-0.3, -0.25) is 4.79 Å². The Morgan fingerprint density at radius 2 is 1.61 bits per heavy atom. The fourth-order valence-electron chi connectivity index (χ4n) is 1.66. The number of carbonyl (C=O) groups excluding carboxylic acids is 1. The van der Waals surface area contributed by atoms with Crippen LogP contribution in [0.1, 0.15) is 0 Å². The molecule has 0 atom stereocenters. The number of rotatable bonds is 6. The van der Waals surface area contributed by atoms with E-state index in [1.807, 2.05) is 42.5 Å². The molecule has 1 N–H and O–H groups in total. The first kappa shape index (κ1) is 12.2. The van der Waals surface area contributed by atoms with E-state index in [2.05, 4.69) is 17.4 Å². The Kier molecular flexibility index (Phi) is 4.36. The summed E-state index contributed by atoms with van der Waals surface area (Å²) in [5.74, 6) is 0.808. The second-order valence-electron chi connectivity index (χ2n) is 3.81. The van der Waals surface area contributed by atoms with E-state index in [-0.39, 0.29) is 0 Å². The number of carbonyl (C=O) groups is 1. The standard InChI is InChI=1S/C15H15NO2/c17-12-16-10-11-18-15-8-6-14(7-9-15)13-4-2-1-3-5-13/h1-9,12H,10-11H2,(H,16,17). The lowest BCUT2D eigenvalue weighted by molar-refractivity contribution is -0.109. The molecule has 0 saturated heterocycles. The van der Waals surface area contributed by atoms with Crippen molar-refractivity contribution in [3.05, 3.63) is 54.6 Å². The third kappa shape index (κ3) is 3.35. The average Bonchev–Trinajstić information content (AvgIpc) is 2.45. The van der Waals surface area contributed by atoms with Crippen LogP contribution in [0.2, 0.25) is 0 Å². The van der Waals surface area contributed by atoms with Crippen molar-refractivity contribution in [3.63, 3.8) is 0 Å². The van der Waals surface area contributed by atoms with Crippen molar-refractivity contribution in [2.75, 3.05) is 13.2 Å². The third-order valence-corrected chi connectivity index (χ3v) is 2.56. The lowest BCUT2D eigenvalue weighted by Gasteiger charge is -2.07. The molecule has 0 heterocycles. The predicted molar refractivity (Wildman–Crippen MR) is 71.4 cm³/mol. The van der Waals surface area contributed by atoms with Crippen LogP contribution >= 0.6 is 0 Å². The molecule has 0 fully saturated rings. The first-order valence-electron chi connectivity index (χ1n) is 5.85. The molecular weight excluding hydrogens is 226 g/mol. The number of hydrogen-bond donors (Lipinski definition) is 1. The Labute approximate surface area is 106 Å². The van der Waals surface area contributed by atoms with E-state index in [0.29, 0.717) is 19.6 Å². The molecule has 0 bridgehead atoms. The topological polar surface area (TPSA) is 38.3 Å². The van der Waals surface area contributed by atoms with Gasteiger partial charge in [-0.05, 0) is 23.3 Å². The minimum Gasteiger partial charge on any atom is -0.492 e. The highest BCUT2D eigenvalue weighted by Crippen LogP contribution is 2.21. The van der Waals surface area contributed by atoms with Crippen LogP contribution in [0.4, 0.5) is 0 Å². The summed E-state index contributed by atoms with van der Waals surface area (Å²) in [4.78, 5) is 10.1. The molecule has 0 spiro atoms. The fourth-order valence-corrected chi connectivity index (χ4v) is 1.66. The van der Waals surface area contributed by atoms with Crippen LogP contribution < -0.4 is 10.1 Å². The van der Waals surface area contributed by atoms with E-state index >= 15 is 0 Å². The van der Waals surface area contributed by atoms with Crippen molar-refractivity contribution in [2.45, 2.75) is 0 Å². The Balaban J connectivity index is 1.95. The summed E-state index contributed by atoms with van der Waals surface area (Å²) in [6.45, 7) is 0.993. The summed E-state index contributed by atoms with van der Waals surface area (Å²) in [7, 11) is 0. The van der Waals surface area contributed by atoms with Gasteiger partial charge in [-0.25, -0.2) is 0 Å². The van der Waals surface area contributed by atoms with E-state index in [9.17, 15) is 4.79 Å². The Morgan fingerprint density at radius 1 is 0.944 bits per heavy atom. The van der Waals surface area contributed by atoms with Gasteiger partial charge in [-0.1, -0.05) is 42.5 Å². The molecular formula is C15H15NO2. The van der Waals surface area contributed by atoms with Gasteiger partial charge in [0.15, 0.2) is 0 Å². The lowest BCUT2D eigenvalue weighted by atomic mass is 10.1. The molecule has 92 valence electrons. The second kappa shape index (κ2) is 6.45. The van der Waals surface area contributed by atoms with Gasteiger partial charge in [-0.15, -0.1) is 0 Å². The molecule has 0 aliphatic heterocycles. The van der Waals surface area contributed by atoms with Crippen molar-refractivity contribution in [2.24, 2.45) is 0 Å². The highest BCUT2D eigenvalue weighted by Gasteiger charge is 1.97. The summed E-state index contributed by atoms with van der Waals surface area (Å²) in [5, 5.41) is 2.55. The van der Waals surface area contributed by atoms with Crippen LogP contribution in [0, 0.1) is 0 Å². The highest BCUT2D eigenvalue weighted by molar-refractivity contribution is 5.63. The van der Waals surface area contributed by atoms with Gasteiger partial charge >= 0.3 is 0 Å². The number of nitrogens with one attached hydrogen (secondary N) is 1. The Morgan fingerprint density at radius 3 is 2.28 bits per heavy atom. The van der Waals surface area contributed by atoms with Gasteiger partial charge < -0.3 is 10.1 Å². The summed E-state index contributed by atoms with van der Waals surface area (Å²) >= 11 is 0. The summed E-state index contributed by atoms with van der Waals surface area (Å²) in [6.07, 6.45) is 0.669.